The van der Waals surface area contributed by atoms with E-state index in [1.807, 2.05) is 55.5 Å². The standard InChI is InChI=1S/C19H18N2O3S/c1-12-4-7-14(8-5-12)20-18-17(25-19(22)21-18)11-13-6-9-15(23-2)16(10-13)24-3/h4-11H,1-3H3,(H,20,21,22)/b17-11-. The van der Waals surface area contributed by atoms with Gasteiger partial charge in [-0.1, -0.05) is 23.8 Å². The normalized spacial score (nSPS) is 17.0. The van der Waals surface area contributed by atoms with Crippen LogP contribution in [0.2, 0.25) is 0 Å². The van der Waals surface area contributed by atoms with Gasteiger partial charge in [-0.15, -0.1) is 0 Å². The Morgan fingerprint density at radius 2 is 1.76 bits per heavy atom. The number of benzene rings is 2. The van der Waals surface area contributed by atoms with Crippen LogP contribution in [0.15, 0.2) is 52.4 Å². The van der Waals surface area contributed by atoms with Crippen LogP contribution in [0.25, 0.3) is 6.08 Å². The first-order valence-electron chi connectivity index (χ1n) is 7.67. The summed E-state index contributed by atoms with van der Waals surface area (Å²) in [5.74, 6) is 1.84. The van der Waals surface area contributed by atoms with Crippen molar-refractivity contribution in [3.8, 4) is 11.5 Å². The maximum absolute atomic E-state index is 11.8. The van der Waals surface area contributed by atoms with Crippen LogP contribution in [-0.2, 0) is 0 Å². The molecule has 128 valence electrons. The van der Waals surface area contributed by atoms with E-state index in [1.165, 1.54) is 0 Å². The van der Waals surface area contributed by atoms with Crippen LogP contribution in [0, 0.1) is 6.92 Å². The van der Waals surface area contributed by atoms with Gasteiger partial charge < -0.3 is 14.8 Å². The number of carbonyl (C=O) groups excluding carboxylic acids is 1. The molecule has 1 heterocycles. The zero-order chi connectivity index (χ0) is 17.8. The van der Waals surface area contributed by atoms with Gasteiger partial charge >= 0.3 is 0 Å². The second kappa shape index (κ2) is 7.44. The number of thioether (sulfide) groups is 1. The van der Waals surface area contributed by atoms with Crippen molar-refractivity contribution in [3.63, 3.8) is 0 Å². The number of methoxy groups -OCH3 is 2. The van der Waals surface area contributed by atoms with Crippen LogP contribution in [0.5, 0.6) is 11.5 Å². The minimum absolute atomic E-state index is 0.141. The molecule has 0 aliphatic carbocycles. The summed E-state index contributed by atoms with van der Waals surface area (Å²) in [4.78, 5) is 17.1. The van der Waals surface area contributed by atoms with Gasteiger partial charge in [-0.2, -0.15) is 0 Å². The molecule has 0 spiro atoms. The lowest BCUT2D eigenvalue weighted by Gasteiger charge is -2.08. The Kier molecular flexibility index (Phi) is 5.09. The molecule has 0 bridgehead atoms. The molecule has 2 aromatic carbocycles. The third-order valence-corrected chi connectivity index (χ3v) is 4.46. The first kappa shape index (κ1) is 17.1. The Bertz CT molecular complexity index is 857. The zero-order valence-corrected chi connectivity index (χ0v) is 15.0. The van der Waals surface area contributed by atoms with Crippen LogP contribution in [0.3, 0.4) is 0 Å². The average Bonchev–Trinajstić information content (AvgIpc) is 2.95. The number of aliphatic imine (C=N–C) groups is 1. The Labute approximate surface area is 150 Å². The lowest BCUT2D eigenvalue weighted by molar-refractivity contribution is 0.265. The smallest absolute Gasteiger partial charge is 0.289 e. The molecule has 25 heavy (non-hydrogen) atoms. The number of ether oxygens (including phenoxy) is 2. The van der Waals surface area contributed by atoms with Gasteiger partial charge in [-0.3, -0.25) is 4.79 Å². The molecule has 1 saturated heterocycles. The largest absolute Gasteiger partial charge is 0.493 e. The predicted octanol–water partition coefficient (Wildman–Crippen LogP) is 4.54. The van der Waals surface area contributed by atoms with E-state index in [4.69, 9.17) is 9.47 Å². The van der Waals surface area contributed by atoms with Crippen molar-refractivity contribution in [2.75, 3.05) is 14.2 Å². The van der Waals surface area contributed by atoms with Gasteiger partial charge in [0.1, 0.15) is 5.84 Å². The van der Waals surface area contributed by atoms with Crippen molar-refractivity contribution < 1.29 is 14.3 Å². The van der Waals surface area contributed by atoms with Crippen LogP contribution >= 0.6 is 11.8 Å². The van der Waals surface area contributed by atoms with Crippen molar-refractivity contribution in [1.82, 2.24) is 5.32 Å². The fourth-order valence-corrected chi connectivity index (χ4v) is 3.09. The summed E-state index contributed by atoms with van der Waals surface area (Å²) >= 11 is 1.12. The minimum Gasteiger partial charge on any atom is -0.493 e. The fraction of sp³-hybridized carbons (Fsp3) is 0.158. The van der Waals surface area contributed by atoms with E-state index < -0.39 is 0 Å². The number of amidine groups is 1. The molecule has 0 radical (unpaired) electrons. The van der Waals surface area contributed by atoms with Crippen LogP contribution in [0.1, 0.15) is 11.1 Å². The van der Waals surface area contributed by atoms with Gasteiger partial charge in [0.05, 0.1) is 24.8 Å². The molecule has 0 aromatic heterocycles. The number of hydrogen-bond donors (Lipinski definition) is 1. The SMILES string of the molecule is COc1ccc(/C=C2\SC(=O)NC2=Nc2ccc(C)cc2)cc1OC. The first-order valence-corrected chi connectivity index (χ1v) is 8.49. The third-order valence-electron chi connectivity index (χ3n) is 3.64. The average molecular weight is 354 g/mol. The summed E-state index contributed by atoms with van der Waals surface area (Å²) in [6.07, 6.45) is 1.90. The lowest BCUT2D eigenvalue weighted by Crippen LogP contribution is -2.18. The summed E-state index contributed by atoms with van der Waals surface area (Å²) < 4.78 is 10.6. The van der Waals surface area contributed by atoms with E-state index in [9.17, 15) is 4.79 Å². The van der Waals surface area contributed by atoms with E-state index in [2.05, 4.69) is 10.3 Å². The highest BCUT2D eigenvalue weighted by Gasteiger charge is 2.23. The molecule has 5 nitrogen and oxygen atoms in total. The molecule has 2 aromatic rings. The maximum atomic E-state index is 11.8. The molecule has 1 N–H and O–H groups in total. The molecule has 1 aliphatic heterocycles. The van der Waals surface area contributed by atoms with Crippen LogP contribution in [0.4, 0.5) is 10.5 Å². The van der Waals surface area contributed by atoms with E-state index >= 15 is 0 Å². The molecule has 0 unspecified atom stereocenters. The van der Waals surface area contributed by atoms with E-state index in [0.717, 1.165) is 33.5 Å². The van der Waals surface area contributed by atoms with Crippen LogP contribution in [-0.4, -0.2) is 25.3 Å². The first-order chi connectivity index (χ1) is 12.1. The number of hydrogen-bond acceptors (Lipinski definition) is 5. The zero-order valence-electron chi connectivity index (χ0n) is 14.2. The summed E-state index contributed by atoms with van der Waals surface area (Å²) in [5.41, 5.74) is 2.85. The van der Waals surface area contributed by atoms with Crippen molar-refractivity contribution >= 4 is 34.6 Å². The highest BCUT2D eigenvalue weighted by Crippen LogP contribution is 2.32. The summed E-state index contributed by atoms with van der Waals surface area (Å²) in [6.45, 7) is 2.02. The number of nitrogens with zero attached hydrogens (tertiary/aromatic N) is 1. The van der Waals surface area contributed by atoms with Crippen molar-refractivity contribution in [3.05, 3.63) is 58.5 Å². The number of carbonyl (C=O) groups is 1. The third kappa shape index (κ3) is 4.03. The second-order valence-electron chi connectivity index (χ2n) is 5.43. The van der Waals surface area contributed by atoms with Crippen LogP contribution < -0.4 is 14.8 Å². The highest BCUT2D eigenvalue weighted by atomic mass is 32.2. The predicted molar refractivity (Wildman–Crippen MR) is 102 cm³/mol. The molecule has 0 saturated carbocycles. The van der Waals surface area contributed by atoms with Gasteiger partial charge in [-0.25, -0.2) is 4.99 Å². The number of nitrogens with one attached hydrogen (secondary N) is 1. The van der Waals surface area contributed by atoms with E-state index in [1.54, 1.807) is 14.2 Å². The van der Waals surface area contributed by atoms with Gasteiger partial charge in [0.2, 0.25) is 0 Å². The molecule has 1 aliphatic rings. The quantitative estimate of drug-likeness (QED) is 0.876. The summed E-state index contributed by atoms with van der Waals surface area (Å²) in [7, 11) is 3.19. The summed E-state index contributed by atoms with van der Waals surface area (Å²) in [5, 5.41) is 2.65. The Morgan fingerprint density at radius 1 is 1.04 bits per heavy atom. The molecule has 6 heteroatoms. The maximum Gasteiger partial charge on any atom is 0.289 e. The Balaban J connectivity index is 1.95. The van der Waals surface area contributed by atoms with Gasteiger partial charge in [0, 0.05) is 0 Å². The summed E-state index contributed by atoms with van der Waals surface area (Å²) in [6, 6.07) is 13.4. The van der Waals surface area contributed by atoms with Crippen molar-refractivity contribution in [2.24, 2.45) is 4.99 Å². The lowest BCUT2D eigenvalue weighted by atomic mass is 10.2. The van der Waals surface area contributed by atoms with Gasteiger partial charge in [0.25, 0.3) is 5.24 Å². The van der Waals surface area contributed by atoms with Gasteiger partial charge in [0.15, 0.2) is 11.5 Å². The number of rotatable bonds is 4. The Morgan fingerprint density at radius 3 is 2.44 bits per heavy atom. The van der Waals surface area contributed by atoms with Crippen molar-refractivity contribution in [2.45, 2.75) is 6.92 Å². The monoisotopic (exact) mass is 354 g/mol. The molecule has 1 fully saturated rings. The molecular weight excluding hydrogens is 336 g/mol. The van der Waals surface area contributed by atoms with E-state index in [-0.39, 0.29) is 5.24 Å². The topological polar surface area (TPSA) is 59.9 Å². The van der Waals surface area contributed by atoms with E-state index in [0.29, 0.717) is 17.3 Å². The minimum atomic E-state index is -0.141. The molecular formula is C19H18N2O3S. The molecule has 3 rings (SSSR count). The number of aryl methyl sites for hydroxylation is 1. The molecule has 0 atom stereocenters. The Hall–Kier alpha value is -2.73. The number of amides is 1. The molecule has 1 amide bonds. The fourth-order valence-electron chi connectivity index (χ4n) is 2.36. The highest BCUT2D eigenvalue weighted by molar-refractivity contribution is 8.18. The second-order valence-corrected chi connectivity index (χ2v) is 6.45. The van der Waals surface area contributed by atoms with Crippen molar-refractivity contribution in [1.29, 1.82) is 0 Å². The van der Waals surface area contributed by atoms with Gasteiger partial charge in [-0.05, 0) is 54.6 Å².